The third kappa shape index (κ3) is 14.7. The van der Waals surface area contributed by atoms with Crippen molar-refractivity contribution in [1.82, 2.24) is 11.0 Å². The molecule has 0 spiro atoms. The van der Waals surface area contributed by atoms with E-state index in [0.717, 1.165) is 12.8 Å². The van der Waals surface area contributed by atoms with Crippen molar-refractivity contribution in [2.75, 3.05) is 26.3 Å². The van der Waals surface area contributed by atoms with E-state index in [0.29, 0.717) is 24.6 Å². The van der Waals surface area contributed by atoms with Crippen LogP contribution < -0.4 is 11.0 Å². The molecule has 0 aromatic carbocycles. The molecule has 0 aliphatic rings. The second-order valence-electron chi connectivity index (χ2n) is 7.76. The summed E-state index contributed by atoms with van der Waals surface area (Å²) >= 11 is 0. The van der Waals surface area contributed by atoms with Crippen LogP contribution in [0.2, 0.25) is 0 Å². The molecule has 9 nitrogen and oxygen atoms in total. The van der Waals surface area contributed by atoms with E-state index >= 15 is 0 Å². The normalized spacial score (nSPS) is 13.0. The van der Waals surface area contributed by atoms with Crippen molar-refractivity contribution in [2.24, 2.45) is 11.3 Å². The van der Waals surface area contributed by atoms with Crippen LogP contribution in [0.1, 0.15) is 60.3 Å². The predicted octanol–water partition coefficient (Wildman–Crippen LogP) is 1.81. The van der Waals surface area contributed by atoms with Crippen molar-refractivity contribution in [3.8, 4) is 0 Å². The van der Waals surface area contributed by atoms with Crippen LogP contribution >= 0.6 is 0 Å². The number of carbonyl (C=O) groups excluding carboxylic acids is 3. The number of aliphatic hydroxyl groups is 1. The van der Waals surface area contributed by atoms with E-state index in [-0.39, 0.29) is 31.5 Å². The first-order valence-corrected chi connectivity index (χ1v) is 9.87. The molecule has 0 rings (SSSR count). The number of hydroxylamine groups is 2. The molecule has 0 aliphatic heterocycles. The smallest absolute Gasteiger partial charge is 0.333 e. The quantitative estimate of drug-likeness (QED) is 0.121. The molecule has 0 aliphatic carbocycles. The van der Waals surface area contributed by atoms with Gasteiger partial charge >= 0.3 is 17.9 Å². The molecule has 1 unspecified atom stereocenters. The number of hydrogen-bond donors (Lipinski definition) is 3. The molecule has 29 heavy (non-hydrogen) atoms. The monoisotopic (exact) mass is 416 g/mol. The Bertz CT molecular complexity index is 547. The fourth-order valence-corrected chi connectivity index (χ4v) is 2.52. The lowest BCUT2D eigenvalue weighted by atomic mass is 9.82. The number of allylic oxidation sites excluding steroid dienone is 1. The van der Waals surface area contributed by atoms with E-state index in [1.807, 2.05) is 0 Å². The molecular weight excluding hydrogens is 380 g/mol. The Labute approximate surface area is 173 Å². The van der Waals surface area contributed by atoms with Crippen LogP contribution in [-0.2, 0) is 28.8 Å². The Hall–Kier alpha value is -1.97. The Morgan fingerprint density at radius 3 is 2.34 bits per heavy atom. The van der Waals surface area contributed by atoms with Crippen LogP contribution in [0.15, 0.2) is 11.6 Å². The SMILES string of the molecule is CC=C(C)C(=O)OCCC(=O)ONCCC(C)CC(C)(C)CNOC(=O)CCO. The van der Waals surface area contributed by atoms with Gasteiger partial charge in [0.1, 0.15) is 6.61 Å². The van der Waals surface area contributed by atoms with Gasteiger partial charge in [0.15, 0.2) is 0 Å². The van der Waals surface area contributed by atoms with Crippen LogP contribution in [0.3, 0.4) is 0 Å². The Morgan fingerprint density at radius 2 is 1.72 bits per heavy atom. The molecule has 0 fully saturated rings. The van der Waals surface area contributed by atoms with Crippen molar-refractivity contribution in [2.45, 2.75) is 60.3 Å². The van der Waals surface area contributed by atoms with Gasteiger partial charge < -0.3 is 19.5 Å². The number of carbonyl (C=O) groups is 3. The first kappa shape index (κ1) is 27.0. The van der Waals surface area contributed by atoms with Crippen molar-refractivity contribution < 1.29 is 33.9 Å². The second kappa shape index (κ2) is 14.9. The van der Waals surface area contributed by atoms with Gasteiger partial charge in [0.25, 0.3) is 0 Å². The van der Waals surface area contributed by atoms with E-state index in [1.54, 1.807) is 19.9 Å². The average Bonchev–Trinajstić information content (AvgIpc) is 2.64. The minimum Gasteiger partial charge on any atom is -0.462 e. The van der Waals surface area contributed by atoms with E-state index < -0.39 is 17.9 Å². The maximum atomic E-state index is 11.6. The van der Waals surface area contributed by atoms with Crippen molar-refractivity contribution in [3.63, 3.8) is 0 Å². The van der Waals surface area contributed by atoms with Crippen molar-refractivity contribution in [3.05, 3.63) is 11.6 Å². The highest BCUT2D eigenvalue weighted by Crippen LogP contribution is 2.26. The molecule has 1 atom stereocenters. The van der Waals surface area contributed by atoms with Gasteiger partial charge in [0.05, 0.1) is 19.4 Å². The van der Waals surface area contributed by atoms with Crippen LogP contribution in [0.4, 0.5) is 0 Å². The van der Waals surface area contributed by atoms with Crippen LogP contribution in [0.25, 0.3) is 0 Å². The first-order chi connectivity index (χ1) is 13.6. The van der Waals surface area contributed by atoms with Gasteiger partial charge in [0, 0.05) is 18.7 Å². The summed E-state index contributed by atoms with van der Waals surface area (Å²) in [5.41, 5.74) is 5.67. The summed E-state index contributed by atoms with van der Waals surface area (Å²) in [6.45, 7) is 10.3. The molecule has 0 saturated heterocycles. The van der Waals surface area contributed by atoms with Gasteiger partial charge in [0.2, 0.25) is 0 Å². The van der Waals surface area contributed by atoms with E-state index in [4.69, 9.17) is 19.5 Å². The highest BCUT2D eigenvalue weighted by Gasteiger charge is 2.21. The van der Waals surface area contributed by atoms with Gasteiger partial charge in [-0.25, -0.2) is 4.79 Å². The van der Waals surface area contributed by atoms with Gasteiger partial charge in [-0.1, -0.05) is 26.8 Å². The molecular formula is C20H36N2O7. The molecule has 3 N–H and O–H groups in total. The topological polar surface area (TPSA) is 123 Å². The molecule has 0 aromatic rings. The molecule has 0 aromatic heterocycles. The van der Waals surface area contributed by atoms with E-state index in [2.05, 4.69) is 31.7 Å². The van der Waals surface area contributed by atoms with Crippen molar-refractivity contribution in [1.29, 1.82) is 0 Å². The first-order valence-electron chi connectivity index (χ1n) is 9.87. The number of aliphatic hydroxyl groups excluding tert-OH is 1. The number of ether oxygens (including phenoxy) is 1. The van der Waals surface area contributed by atoms with E-state index in [1.165, 1.54) is 0 Å². The molecule has 9 heteroatoms. The summed E-state index contributed by atoms with van der Waals surface area (Å²) < 4.78 is 4.94. The van der Waals surface area contributed by atoms with Crippen LogP contribution in [0, 0.1) is 11.3 Å². The highest BCUT2D eigenvalue weighted by atomic mass is 16.7. The Kier molecular flexibility index (Phi) is 13.9. The number of nitrogens with one attached hydrogen (secondary N) is 2. The average molecular weight is 417 g/mol. The van der Waals surface area contributed by atoms with Gasteiger partial charge in [-0.15, -0.1) is 0 Å². The van der Waals surface area contributed by atoms with Gasteiger partial charge in [-0.2, -0.15) is 11.0 Å². The maximum absolute atomic E-state index is 11.6. The summed E-state index contributed by atoms with van der Waals surface area (Å²) in [7, 11) is 0. The van der Waals surface area contributed by atoms with Crippen molar-refractivity contribution >= 4 is 17.9 Å². The second-order valence-corrected chi connectivity index (χ2v) is 7.76. The molecule has 0 radical (unpaired) electrons. The molecule has 168 valence electrons. The molecule has 0 heterocycles. The summed E-state index contributed by atoms with van der Waals surface area (Å²) in [5.74, 6) is -1.08. The lowest BCUT2D eigenvalue weighted by Crippen LogP contribution is -2.33. The third-order valence-electron chi connectivity index (χ3n) is 4.17. The largest absolute Gasteiger partial charge is 0.462 e. The predicted molar refractivity (Wildman–Crippen MR) is 107 cm³/mol. The minimum atomic E-state index is -0.492. The zero-order chi connectivity index (χ0) is 22.3. The summed E-state index contributed by atoms with van der Waals surface area (Å²) in [5, 5.41) is 8.66. The maximum Gasteiger partial charge on any atom is 0.333 e. The fraction of sp³-hybridized carbons (Fsp3) is 0.750. The fourth-order valence-electron chi connectivity index (χ4n) is 2.52. The van der Waals surface area contributed by atoms with Crippen LogP contribution in [0.5, 0.6) is 0 Å². The standard InChI is InChI=1S/C20H36N2O7/c1-6-16(3)19(26)27-12-9-18(25)28-21-10-7-15(2)13-20(4,5)14-22-29-17(24)8-11-23/h6,15,21-23H,7-14H2,1-5H3. The Morgan fingerprint density at radius 1 is 1.10 bits per heavy atom. The van der Waals surface area contributed by atoms with Crippen LogP contribution in [-0.4, -0.2) is 49.3 Å². The zero-order valence-electron chi connectivity index (χ0n) is 18.2. The minimum absolute atomic E-state index is 0.0149. The molecule has 0 saturated carbocycles. The summed E-state index contributed by atoms with van der Waals surface area (Å²) in [4.78, 5) is 44.0. The number of rotatable bonds is 15. The lowest BCUT2D eigenvalue weighted by molar-refractivity contribution is -0.154. The highest BCUT2D eigenvalue weighted by molar-refractivity contribution is 5.87. The van der Waals surface area contributed by atoms with E-state index in [9.17, 15) is 14.4 Å². The lowest BCUT2D eigenvalue weighted by Gasteiger charge is -2.28. The number of esters is 1. The van der Waals surface area contributed by atoms with Gasteiger partial charge in [-0.05, 0) is 38.0 Å². The molecule has 0 bridgehead atoms. The Balaban J connectivity index is 3.88. The van der Waals surface area contributed by atoms with Gasteiger partial charge in [-0.3, -0.25) is 9.59 Å². The summed E-state index contributed by atoms with van der Waals surface area (Å²) in [6, 6.07) is 0. The number of hydrogen-bond acceptors (Lipinski definition) is 9. The summed E-state index contributed by atoms with van der Waals surface area (Å²) in [6.07, 6.45) is 3.25. The molecule has 0 amide bonds. The third-order valence-corrected chi connectivity index (χ3v) is 4.17. The zero-order valence-corrected chi connectivity index (χ0v) is 18.2.